The molecule has 0 unspecified atom stereocenters. The van der Waals surface area contributed by atoms with E-state index in [1.54, 1.807) is 0 Å². The normalized spacial score (nSPS) is 12.5. The van der Waals surface area contributed by atoms with Crippen molar-refractivity contribution in [2.75, 3.05) is 12.4 Å². The molecule has 2 N–H and O–H groups in total. The topological polar surface area (TPSA) is 88.4 Å². The molecule has 0 aliphatic heterocycles. The summed E-state index contributed by atoms with van der Waals surface area (Å²) >= 11 is 0. The number of hydrogen-bond donors (Lipinski definition) is 2. The molecule has 132 valence electrons. The summed E-state index contributed by atoms with van der Waals surface area (Å²) in [5.74, 6) is -0.569. The predicted octanol–water partition coefficient (Wildman–Crippen LogP) is 3.01. The van der Waals surface area contributed by atoms with Crippen molar-refractivity contribution in [2.45, 2.75) is 11.5 Å². The number of sulfonamides is 1. The Hall–Kier alpha value is -2.90. The van der Waals surface area contributed by atoms with E-state index in [1.807, 2.05) is 30.3 Å². The van der Waals surface area contributed by atoms with E-state index in [1.165, 1.54) is 35.9 Å². The second-order valence-electron chi connectivity index (χ2n) is 5.99. The fourth-order valence-electron chi connectivity index (χ4n) is 3.10. The largest absolute Gasteiger partial charge is 0.438 e. The summed E-state index contributed by atoms with van der Waals surface area (Å²) in [4.78, 5) is 12.3. The standard InChI is InChI=1S/C19H16N2O4S/c1-20-26(23,24)18-9-8-17(25-18)19(22)21-14-6-7-16-13(11-14)10-12-4-2-3-5-15(12)16/h2-9,11,20H,10H2,1H3,(H,21,22). The molecule has 1 aromatic heterocycles. The van der Waals surface area contributed by atoms with E-state index in [0.717, 1.165) is 12.0 Å². The van der Waals surface area contributed by atoms with Gasteiger partial charge in [-0.3, -0.25) is 4.79 Å². The van der Waals surface area contributed by atoms with Crippen molar-refractivity contribution < 1.29 is 17.6 Å². The van der Waals surface area contributed by atoms with Gasteiger partial charge in [0, 0.05) is 5.69 Å². The van der Waals surface area contributed by atoms with Gasteiger partial charge in [0.1, 0.15) is 0 Å². The number of amides is 1. The molecule has 0 saturated heterocycles. The molecule has 0 spiro atoms. The second kappa shape index (κ2) is 6.12. The van der Waals surface area contributed by atoms with E-state index in [0.29, 0.717) is 5.69 Å². The van der Waals surface area contributed by atoms with Crippen LogP contribution >= 0.6 is 0 Å². The molecule has 1 amide bonds. The summed E-state index contributed by atoms with van der Waals surface area (Å²) in [7, 11) is -2.44. The van der Waals surface area contributed by atoms with Crippen LogP contribution in [0.15, 0.2) is 64.1 Å². The molecule has 1 aliphatic carbocycles. The van der Waals surface area contributed by atoms with Crippen LogP contribution in [0.5, 0.6) is 0 Å². The number of rotatable bonds is 4. The van der Waals surface area contributed by atoms with Crippen LogP contribution in [-0.2, 0) is 16.4 Å². The first kappa shape index (κ1) is 16.6. The SMILES string of the molecule is CNS(=O)(=O)c1ccc(C(=O)Nc2ccc3c(c2)Cc2ccccc2-3)o1. The maximum absolute atomic E-state index is 12.3. The molecule has 0 fully saturated rings. The van der Waals surface area contributed by atoms with Crippen LogP contribution < -0.4 is 10.0 Å². The molecule has 7 heteroatoms. The quantitative estimate of drug-likeness (QED) is 0.580. The molecule has 26 heavy (non-hydrogen) atoms. The van der Waals surface area contributed by atoms with E-state index >= 15 is 0 Å². The summed E-state index contributed by atoms with van der Waals surface area (Å²) in [5, 5.41) is 2.45. The molecule has 6 nitrogen and oxygen atoms in total. The van der Waals surface area contributed by atoms with Gasteiger partial charge < -0.3 is 9.73 Å². The summed E-state index contributed by atoms with van der Waals surface area (Å²) in [6.45, 7) is 0. The molecular formula is C19H16N2O4S. The molecule has 1 heterocycles. The fourth-order valence-corrected chi connectivity index (χ4v) is 3.75. The molecule has 2 aromatic carbocycles. The van der Waals surface area contributed by atoms with Crippen molar-refractivity contribution in [3.05, 3.63) is 71.5 Å². The first-order chi connectivity index (χ1) is 12.5. The van der Waals surface area contributed by atoms with Crippen molar-refractivity contribution in [3.63, 3.8) is 0 Å². The number of carbonyl (C=O) groups is 1. The van der Waals surface area contributed by atoms with Crippen LogP contribution in [0.4, 0.5) is 5.69 Å². The Kier molecular flexibility index (Phi) is 3.90. The van der Waals surface area contributed by atoms with Crippen LogP contribution in [0.25, 0.3) is 11.1 Å². The molecule has 0 atom stereocenters. The Morgan fingerprint density at radius 1 is 1.00 bits per heavy atom. The van der Waals surface area contributed by atoms with Crippen molar-refractivity contribution in [1.82, 2.24) is 4.72 Å². The zero-order valence-electron chi connectivity index (χ0n) is 13.9. The highest BCUT2D eigenvalue weighted by atomic mass is 32.2. The van der Waals surface area contributed by atoms with E-state index < -0.39 is 15.9 Å². The highest BCUT2D eigenvalue weighted by molar-refractivity contribution is 7.89. The molecule has 0 radical (unpaired) electrons. The van der Waals surface area contributed by atoms with Crippen LogP contribution in [-0.4, -0.2) is 21.4 Å². The average Bonchev–Trinajstić information content (AvgIpc) is 3.26. The lowest BCUT2D eigenvalue weighted by atomic mass is 10.1. The number of fused-ring (bicyclic) bond motifs is 3. The van der Waals surface area contributed by atoms with Crippen molar-refractivity contribution in [3.8, 4) is 11.1 Å². The maximum atomic E-state index is 12.3. The number of anilines is 1. The van der Waals surface area contributed by atoms with Crippen LogP contribution in [0.2, 0.25) is 0 Å². The second-order valence-corrected chi connectivity index (χ2v) is 7.80. The summed E-state index contributed by atoms with van der Waals surface area (Å²) in [6.07, 6.45) is 0.820. The minimum absolute atomic E-state index is 0.0670. The van der Waals surface area contributed by atoms with Crippen molar-refractivity contribution >= 4 is 21.6 Å². The number of nitrogens with one attached hydrogen (secondary N) is 2. The van der Waals surface area contributed by atoms with E-state index in [9.17, 15) is 13.2 Å². The molecular weight excluding hydrogens is 352 g/mol. The fraction of sp³-hybridized carbons (Fsp3) is 0.105. The molecule has 3 aromatic rings. The zero-order chi connectivity index (χ0) is 18.3. The minimum atomic E-state index is -3.72. The van der Waals surface area contributed by atoms with Gasteiger partial charge in [-0.15, -0.1) is 0 Å². The van der Waals surface area contributed by atoms with Crippen LogP contribution in [0, 0.1) is 0 Å². The Morgan fingerprint density at radius 3 is 2.58 bits per heavy atom. The number of carbonyl (C=O) groups excluding carboxylic acids is 1. The Bertz CT molecular complexity index is 1120. The molecule has 1 aliphatic rings. The van der Waals surface area contributed by atoms with E-state index in [4.69, 9.17) is 4.42 Å². The predicted molar refractivity (Wildman–Crippen MR) is 97.6 cm³/mol. The number of hydrogen-bond acceptors (Lipinski definition) is 4. The van der Waals surface area contributed by atoms with Crippen LogP contribution in [0.1, 0.15) is 21.7 Å². The Balaban J connectivity index is 1.56. The lowest BCUT2D eigenvalue weighted by Gasteiger charge is -2.06. The summed E-state index contributed by atoms with van der Waals surface area (Å²) in [5.41, 5.74) is 5.42. The lowest BCUT2D eigenvalue weighted by Crippen LogP contribution is -2.18. The zero-order valence-corrected chi connectivity index (χ0v) is 14.8. The van der Waals surface area contributed by atoms with Gasteiger partial charge in [-0.1, -0.05) is 30.3 Å². The molecule has 0 saturated carbocycles. The van der Waals surface area contributed by atoms with Gasteiger partial charge in [0.05, 0.1) is 0 Å². The van der Waals surface area contributed by atoms with Crippen molar-refractivity contribution in [1.29, 1.82) is 0 Å². The first-order valence-electron chi connectivity index (χ1n) is 8.04. The summed E-state index contributed by atoms with van der Waals surface area (Å²) in [6, 6.07) is 16.5. The van der Waals surface area contributed by atoms with Gasteiger partial charge in [0.15, 0.2) is 5.76 Å². The highest BCUT2D eigenvalue weighted by Gasteiger charge is 2.21. The molecule has 0 bridgehead atoms. The first-order valence-corrected chi connectivity index (χ1v) is 9.52. The average molecular weight is 368 g/mol. The summed E-state index contributed by atoms with van der Waals surface area (Å²) < 4.78 is 30.7. The van der Waals surface area contributed by atoms with Gasteiger partial charge in [-0.2, -0.15) is 0 Å². The maximum Gasteiger partial charge on any atom is 0.291 e. The van der Waals surface area contributed by atoms with E-state index in [-0.39, 0.29) is 10.9 Å². The monoisotopic (exact) mass is 368 g/mol. The van der Waals surface area contributed by atoms with Crippen LogP contribution in [0.3, 0.4) is 0 Å². The Labute approximate surface area is 150 Å². The third kappa shape index (κ3) is 2.81. The lowest BCUT2D eigenvalue weighted by molar-refractivity contribution is 0.0991. The number of furan rings is 1. The minimum Gasteiger partial charge on any atom is -0.438 e. The van der Waals surface area contributed by atoms with E-state index in [2.05, 4.69) is 22.2 Å². The number of benzene rings is 2. The third-order valence-corrected chi connectivity index (χ3v) is 5.68. The van der Waals surface area contributed by atoms with Gasteiger partial charge in [0.2, 0.25) is 5.09 Å². The Morgan fingerprint density at radius 2 is 1.77 bits per heavy atom. The van der Waals surface area contributed by atoms with Gasteiger partial charge >= 0.3 is 0 Å². The van der Waals surface area contributed by atoms with Crippen molar-refractivity contribution in [2.24, 2.45) is 0 Å². The van der Waals surface area contributed by atoms with Gasteiger partial charge in [0.25, 0.3) is 15.9 Å². The highest BCUT2D eigenvalue weighted by Crippen LogP contribution is 2.37. The smallest absolute Gasteiger partial charge is 0.291 e. The third-order valence-electron chi connectivity index (χ3n) is 4.39. The van der Waals surface area contributed by atoms with Gasteiger partial charge in [-0.25, -0.2) is 13.1 Å². The van der Waals surface area contributed by atoms with Gasteiger partial charge in [-0.05, 0) is 60.0 Å². The molecule has 4 rings (SSSR count).